The summed E-state index contributed by atoms with van der Waals surface area (Å²) >= 11 is 0. The zero-order chi connectivity index (χ0) is 10.4. The molecule has 0 aromatic heterocycles. The first kappa shape index (κ1) is 11.5. The molecule has 4 heteroatoms. The molecule has 1 N–H and O–H groups in total. The lowest BCUT2D eigenvalue weighted by molar-refractivity contribution is -0.140. The Kier molecular flexibility index (Phi) is 4.35. The number of carbonyl (C=O) groups excluding carboxylic acids is 1. The molecule has 82 valence electrons. The number of carbonyl (C=O) groups is 1. The average Bonchev–Trinajstić information content (AvgIpc) is 2.14. The van der Waals surface area contributed by atoms with Crippen LogP contribution in [0, 0.1) is 5.41 Å². The second-order valence-electron chi connectivity index (χ2n) is 4.16. The quantitative estimate of drug-likeness (QED) is 0.504. The largest absolute Gasteiger partial charge is 0.469 e. The molecule has 1 aliphatic rings. The Morgan fingerprint density at radius 1 is 1.57 bits per heavy atom. The van der Waals surface area contributed by atoms with Crippen molar-refractivity contribution >= 4 is 5.97 Å². The van der Waals surface area contributed by atoms with Gasteiger partial charge < -0.3 is 14.8 Å². The summed E-state index contributed by atoms with van der Waals surface area (Å²) < 4.78 is 9.68. The summed E-state index contributed by atoms with van der Waals surface area (Å²) in [5, 5.41) is 3.32. The minimum atomic E-state index is -0.134. The van der Waals surface area contributed by atoms with Crippen LogP contribution in [-0.4, -0.2) is 39.4 Å². The number of hydrogen-bond donors (Lipinski definition) is 1. The van der Waals surface area contributed by atoms with Gasteiger partial charge in [0.25, 0.3) is 0 Å². The van der Waals surface area contributed by atoms with Crippen LogP contribution in [0.2, 0.25) is 0 Å². The minimum Gasteiger partial charge on any atom is -0.469 e. The van der Waals surface area contributed by atoms with Gasteiger partial charge in [-0.25, -0.2) is 0 Å². The first-order valence-corrected chi connectivity index (χ1v) is 5.02. The third-order valence-electron chi connectivity index (χ3n) is 2.41. The summed E-state index contributed by atoms with van der Waals surface area (Å²) in [6, 6.07) is 0. The Balaban J connectivity index is 1.91. The molecule has 0 saturated carbocycles. The standard InChI is InChI=1S/C10H19NO3/c1-10(7-14-8-10)6-11-5-3-4-9(12)13-2/h11H,3-8H2,1-2H3. The van der Waals surface area contributed by atoms with Crippen LogP contribution >= 0.6 is 0 Å². The van der Waals surface area contributed by atoms with Crippen molar-refractivity contribution in [3.63, 3.8) is 0 Å². The van der Waals surface area contributed by atoms with Crippen LogP contribution < -0.4 is 5.32 Å². The highest BCUT2D eigenvalue weighted by Gasteiger charge is 2.32. The zero-order valence-corrected chi connectivity index (χ0v) is 8.97. The lowest BCUT2D eigenvalue weighted by atomic mass is 9.89. The van der Waals surface area contributed by atoms with Gasteiger partial charge >= 0.3 is 5.97 Å². The fourth-order valence-corrected chi connectivity index (χ4v) is 1.40. The summed E-state index contributed by atoms with van der Waals surface area (Å²) in [6.07, 6.45) is 1.33. The molecular formula is C10H19NO3. The van der Waals surface area contributed by atoms with Crippen molar-refractivity contribution in [2.75, 3.05) is 33.4 Å². The first-order valence-electron chi connectivity index (χ1n) is 5.02. The summed E-state index contributed by atoms with van der Waals surface area (Å²) in [4.78, 5) is 10.8. The van der Waals surface area contributed by atoms with Gasteiger partial charge in [0.05, 0.1) is 20.3 Å². The summed E-state index contributed by atoms with van der Waals surface area (Å²) in [6.45, 7) is 5.72. The third-order valence-corrected chi connectivity index (χ3v) is 2.41. The van der Waals surface area contributed by atoms with E-state index < -0.39 is 0 Å². The van der Waals surface area contributed by atoms with Crippen molar-refractivity contribution in [2.24, 2.45) is 5.41 Å². The molecule has 0 amide bonds. The molecule has 0 bridgehead atoms. The highest BCUT2D eigenvalue weighted by Crippen LogP contribution is 2.24. The van der Waals surface area contributed by atoms with Crippen molar-refractivity contribution in [1.82, 2.24) is 5.32 Å². The zero-order valence-electron chi connectivity index (χ0n) is 8.97. The van der Waals surface area contributed by atoms with Gasteiger partial charge in [0.1, 0.15) is 0 Å². The molecule has 0 radical (unpaired) electrons. The van der Waals surface area contributed by atoms with E-state index in [4.69, 9.17) is 4.74 Å². The molecule has 0 unspecified atom stereocenters. The van der Waals surface area contributed by atoms with E-state index in [2.05, 4.69) is 17.0 Å². The van der Waals surface area contributed by atoms with Crippen molar-refractivity contribution < 1.29 is 14.3 Å². The van der Waals surface area contributed by atoms with Gasteiger partial charge in [-0.05, 0) is 13.0 Å². The van der Waals surface area contributed by atoms with E-state index >= 15 is 0 Å². The Morgan fingerprint density at radius 3 is 2.79 bits per heavy atom. The van der Waals surface area contributed by atoms with Gasteiger partial charge in [-0.3, -0.25) is 4.79 Å². The smallest absolute Gasteiger partial charge is 0.305 e. The van der Waals surface area contributed by atoms with Crippen LogP contribution in [-0.2, 0) is 14.3 Å². The van der Waals surface area contributed by atoms with Crippen LogP contribution in [0.4, 0.5) is 0 Å². The number of ether oxygens (including phenoxy) is 2. The third kappa shape index (κ3) is 3.64. The molecule has 0 aliphatic carbocycles. The second kappa shape index (κ2) is 5.32. The van der Waals surface area contributed by atoms with Gasteiger partial charge in [-0.15, -0.1) is 0 Å². The molecule has 4 nitrogen and oxygen atoms in total. The van der Waals surface area contributed by atoms with Crippen LogP contribution in [0.5, 0.6) is 0 Å². The number of hydrogen-bond acceptors (Lipinski definition) is 4. The Hall–Kier alpha value is -0.610. The van der Waals surface area contributed by atoms with Gasteiger partial charge in [0, 0.05) is 18.4 Å². The normalized spacial score (nSPS) is 18.7. The molecule has 1 saturated heterocycles. The summed E-state index contributed by atoms with van der Waals surface area (Å²) in [7, 11) is 1.42. The number of esters is 1. The molecule has 0 spiro atoms. The number of nitrogens with one attached hydrogen (secondary N) is 1. The predicted molar refractivity (Wildman–Crippen MR) is 53.0 cm³/mol. The van der Waals surface area contributed by atoms with Gasteiger partial charge in [-0.2, -0.15) is 0 Å². The minimum absolute atomic E-state index is 0.134. The predicted octanol–water partition coefficient (Wildman–Crippen LogP) is 0.566. The summed E-state index contributed by atoms with van der Waals surface area (Å²) in [5.41, 5.74) is 0.311. The number of rotatable bonds is 6. The van der Waals surface area contributed by atoms with Gasteiger partial charge in [0.2, 0.25) is 0 Å². The maximum Gasteiger partial charge on any atom is 0.305 e. The van der Waals surface area contributed by atoms with Crippen molar-refractivity contribution in [3.8, 4) is 0 Å². The van der Waals surface area contributed by atoms with Gasteiger partial charge in [0.15, 0.2) is 0 Å². The number of methoxy groups -OCH3 is 1. The van der Waals surface area contributed by atoms with E-state index in [0.29, 0.717) is 11.8 Å². The molecule has 1 fully saturated rings. The second-order valence-corrected chi connectivity index (χ2v) is 4.16. The maximum atomic E-state index is 10.8. The summed E-state index contributed by atoms with van der Waals surface area (Å²) in [5.74, 6) is -0.134. The molecule has 1 aliphatic heterocycles. The van der Waals surface area contributed by atoms with E-state index in [1.807, 2.05) is 0 Å². The highest BCUT2D eigenvalue weighted by molar-refractivity contribution is 5.69. The Labute approximate surface area is 85.0 Å². The van der Waals surface area contributed by atoms with Crippen LogP contribution in [0.1, 0.15) is 19.8 Å². The first-order chi connectivity index (χ1) is 6.66. The molecule has 0 aromatic rings. The van der Waals surface area contributed by atoms with E-state index in [9.17, 15) is 4.79 Å². The molecule has 1 heterocycles. The van der Waals surface area contributed by atoms with Crippen molar-refractivity contribution in [2.45, 2.75) is 19.8 Å². The lowest BCUT2D eigenvalue weighted by Gasteiger charge is -2.38. The van der Waals surface area contributed by atoms with Crippen LogP contribution in [0.15, 0.2) is 0 Å². The molecule has 0 atom stereocenters. The molecule has 14 heavy (non-hydrogen) atoms. The monoisotopic (exact) mass is 201 g/mol. The van der Waals surface area contributed by atoms with E-state index in [1.165, 1.54) is 7.11 Å². The fraction of sp³-hybridized carbons (Fsp3) is 0.900. The fourth-order valence-electron chi connectivity index (χ4n) is 1.40. The van der Waals surface area contributed by atoms with Gasteiger partial charge in [-0.1, -0.05) is 6.92 Å². The Morgan fingerprint density at radius 2 is 2.29 bits per heavy atom. The van der Waals surface area contributed by atoms with Crippen molar-refractivity contribution in [3.05, 3.63) is 0 Å². The Bertz CT molecular complexity index is 190. The van der Waals surface area contributed by atoms with E-state index in [1.54, 1.807) is 0 Å². The topological polar surface area (TPSA) is 47.6 Å². The van der Waals surface area contributed by atoms with Crippen LogP contribution in [0.3, 0.4) is 0 Å². The lowest BCUT2D eigenvalue weighted by Crippen LogP contribution is -2.47. The average molecular weight is 201 g/mol. The SMILES string of the molecule is COC(=O)CCCNCC1(C)COC1. The van der Waals surface area contributed by atoms with Crippen LogP contribution in [0.25, 0.3) is 0 Å². The van der Waals surface area contributed by atoms with Crippen molar-refractivity contribution in [1.29, 1.82) is 0 Å². The molecular weight excluding hydrogens is 182 g/mol. The van der Waals surface area contributed by atoms with E-state index in [-0.39, 0.29) is 5.97 Å². The maximum absolute atomic E-state index is 10.8. The molecule has 1 rings (SSSR count). The molecule has 0 aromatic carbocycles. The van der Waals surface area contributed by atoms with E-state index in [0.717, 1.165) is 32.7 Å². The highest BCUT2D eigenvalue weighted by atomic mass is 16.5.